The summed E-state index contributed by atoms with van der Waals surface area (Å²) < 4.78 is 0. The molecule has 1 atom stereocenters. The van der Waals surface area contributed by atoms with Crippen LogP contribution in [0, 0.1) is 5.41 Å². The maximum absolute atomic E-state index is 13.0. The monoisotopic (exact) mass is 336 g/mol. The highest BCUT2D eigenvalue weighted by Crippen LogP contribution is 2.41. The zero-order valence-electron chi connectivity index (χ0n) is 13.8. The summed E-state index contributed by atoms with van der Waals surface area (Å²) in [5.41, 5.74) is 0.330. The van der Waals surface area contributed by atoms with Crippen molar-refractivity contribution in [1.29, 1.82) is 0 Å². The molecule has 25 heavy (non-hydrogen) atoms. The molecule has 2 N–H and O–H groups in total. The topological polar surface area (TPSA) is 91.7 Å². The predicted molar refractivity (Wildman–Crippen MR) is 89.2 cm³/mol. The number of aliphatic hydroxyl groups excluding tert-OH is 1. The number of aromatic hydroxyl groups is 1. The van der Waals surface area contributed by atoms with Crippen LogP contribution in [0.3, 0.4) is 0 Å². The van der Waals surface area contributed by atoms with Gasteiger partial charge in [-0.2, -0.15) is 0 Å². The van der Waals surface area contributed by atoms with E-state index >= 15 is 0 Å². The van der Waals surface area contributed by atoms with Crippen LogP contribution in [0.25, 0.3) is 0 Å². The fourth-order valence-corrected chi connectivity index (χ4v) is 3.82. The van der Waals surface area contributed by atoms with Crippen molar-refractivity contribution in [2.24, 2.45) is 5.41 Å². The molecule has 0 saturated carbocycles. The first-order valence-electron chi connectivity index (χ1n) is 8.03. The van der Waals surface area contributed by atoms with Crippen LogP contribution in [-0.4, -0.2) is 33.7 Å². The van der Waals surface area contributed by atoms with Crippen LogP contribution in [0.4, 0.5) is 0 Å². The summed E-state index contributed by atoms with van der Waals surface area (Å²) in [4.78, 5) is 38.6. The van der Waals surface area contributed by atoms with E-state index in [-0.39, 0.29) is 33.6 Å². The summed E-state index contributed by atoms with van der Waals surface area (Å²) in [6, 6.07) is 7.50. The number of ketones is 3. The van der Waals surface area contributed by atoms with Crippen LogP contribution < -0.4 is 0 Å². The van der Waals surface area contributed by atoms with Crippen molar-refractivity contribution in [2.75, 3.05) is 0 Å². The molecule has 0 bridgehead atoms. The number of phenolic OH excluding ortho intramolecular Hbond substituents is 1. The molecule has 2 aliphatic rings. The molecule has 5 nitrogen and oxygen atoms in total. The lowest BCUT2D eigenvalue weighted by molar-refractivity contribution is 0.0337. The van der Waals surface area contributed by atoms with Gasteiger partial charge in [-0.25, -0.2) is 0 Å². The van der Waals surface area contributed by atoms with Crippen LogP contribution in [0.1, 0.15) is 61.6 Å². The fourth-order valence-electron chi connectivity index (χ4n) is 3.82. The Morgan fingerprint density at radius 1 is 0.920 bits per heavy atom. The Morgan fingerprint density at radius 2 is 1.56 bits per heavy atom. The van der Waals surface area contributed by atoms with E-state index in [4.69, 9.17) is 0 Å². The van der Waals surface area contributed by atoms with Crippen molar-refractivity contribution < 1.29 is 24.6 Å². The van der Waals surface area contributed by atoms with Crippen molar-refractivity contribution in [3.8, 4) is 5.75 Å². The number of Topliss-reactive ketones (excluding diaryl/α,β-unsaturated/α-hetero) is 1. The first-order chi connectivity index (χ1) is 11.7. The summed E-state index contributed by atoms with van der Waals surface area (Å²) in [6.07, 6.45) is -0.809. The minimum Gasteiger partial charge on any atom is -0.507 e. The van der Waals surface area contributed by atoms with Gasteiger partial charge in [0.25, 0.3) is 0 Å². The molecule has 2 aromatic rings. The van der Waals surface area contributed by atoms with Crippen LogP contribution in [0.15, 0.2) is 30.3 Å². The zero-order valence-corrected chi connectivity index (χ0v) is 13.8. The standard InChI is InChI=1S/C20H16O5/c1-20(2)8-9-6-7-11-15(13(9)18(24)19(20)25)17(23)10-4-3-5-12(21)14(10)16(11)22/h3-7,19,21,25H,8H2,1-2H3/t19-/m1/s1. The number of hydrogen-bond acceptors (Lipinski definition) is 5. The lowest BCUT2D eigenvalue weighted by atomic mass is 9.68. The molecule has 0 heterocycles. The summed E-state index contributed by atoms with van der Waals surface area (Å²) in [7, 11) is 0. The second-order valence-electron chi connectivity index (χ2n) is 7.31. The molecule has 0 radical (unpaired) electrons. The van der Waals surface area contributed by atoms with Gasteiger partial charge in [-0.3, -0.25) is 14.4 Å². The third-order valence-electron chi connectivity index (χ3n) is 5.16. The highest BCUT2D eigenvalue weighted by Gasteiger charge is 2.44. The number of rotatable bonds is 0. The van der Waals surface area contributed by atoms with E-state index in [1.807, 2.05) is 0 Å². The SMILES string of the molecule is CC1(C)Cc2ccc3c(c2C(=O)[C@H]1O)C(=O)c1cccc(O)c1C3=O. The van der Waals surface area contributed by atoms with E-state index in [9.17, 15) is 24.6 Å². The molecule has 2 aliphatic carbocycles. The number of phenols is 1. The number of carbonyl (C=O) groups is 3. The van der Waals surface area contributed by atoms with Crippen LogP contribution in [0.5, 0.6) is 5.75 Å². The summed E-state index contributed by atoms with van der Waals surface area (Å²) in [5.74, 6) is -1.75. The van der Waals surface area contributed by atoms with E-state index in [2.05, 4.69) is 0 Å². The average molecular weight is 336 g/mol. The molecule has 5 heteroatoms. The van der Waals surface area contributed by atoms with Gasteiger partial charge in [-0.15, -0.1) is 0 Å². The van der Waals surface area contributed by atoms with Crippen molar-refractivity contribution in [1.82, 2.24) is 0 Å². The number of hydrogen-bond donors (Lipinski definition) is 2. The molecule has 126 valence electrons. The highest BCUT2D eigenvalue weighted by molar-refractivity contribution is 6.32. The number of aliphatic hydroxyl groups is 1. The van der Waals surface area contributed by atoms with Crippen molar-refractivity contribution in [3.05, 3.63) is 63.7 Å². The molecule has 2 aromatic carbocycles. The Morgan fingerprint density at radius 3 is 2.28 bits per heavy atom. The second-order valence-corrected chi connectivity index (χ2v) is 7.31. The average Bonchev–Trinajstić information content (AvgIpc) is 2.56. The first-order valence-corrected chi connectivity index (χ1v) is 8.03. The molecule has 0 amide bonds. The summed E-state index contributed by atoms with van der Waals surface area (Å²) >= 11 is 0. The van der Waals surface area contributed by atoms with Crippen LogP contribution in [0.2, 0.25) is 0 Å². The Labute approximate surface area is 143 Å². The van der Waals surface area contributed by atoms with Crippen molar-refractivity contribution in [3.63, 3.8) is 0 Å². The molecule has 0 aliphatic heterocycles. The smallest absolute Gasteiger partial charge is 0.198 e. The highest BCUT2D eigenvalue weighted by atomic mass is 16.3. The molecule has 4 rings (SSSR count). The Balaban J connectivity index is 2.03. The van der Waals surface area contributed by atoms with Gasteiger partial charge >= 0.3 is 0 Å². The minimum atomic E-state index is -1.24. The number of fused-ring (bicyclic) bond motifs is 4. The second kappa shape index (κ2) is 4.86. The van der Waals surface area contributed by atoms with Crippen LogP contribution in [-0.2, 0) is 6.42 Å². The molecular weight excluding hydrogens is 320 g/mol. The van der Waals surface area contributed by atoms with Crippen molar-refractivity contribution in [2.45, 2.75) is 26.4 Å². The molecule has 0 fully saturated rings. The normalized spacial score (nSPS) is 20.8. The fraction of sp³-hybridized carbons (Fsp3) is 0.250. The maximum atomic E-state index is 13.0. The predicted octanol–water partition coefficient (Wildman–Crippen LogP) is 2.29. The van der Waals surface area contributed by atoms with Gasteiger partial charge < -0.3 is 10.2 Å². The third-order valence-corrected chi connectivity index (χ3v) is 5.16. The Hall–Kier alpha value is -2.79. The molecule has 0 saturated heterocycles. The van der Waals surface area contributed by atoms with E-state index in [0.717, 1.165) is 0 Å². The zero-order chi connectivity index (χ0) is 18.1. The van der Waals surface area contributed by atoms with E-state index in [1.54, 1.807) is 19.9 Å². The van der Waals surface area contributed by atoms with Gasteiger partial charge in [-0.1, -0.05) is 32.0 Å². The lowest BCUT2D eigenvalue weighted by Gasteiger charge is -2.36. The number of carbonyl (C=O) groups excluding carboxylic acids is 3. The molecule has 0 spiro atoms. The van der Waals surface area contributed by atoms with Gasteiger partial charge in [0.05, 0.1) is 5.56 Å². The maximum Gasteiger partial charge on any atom is 0.198 e. The quantitative estimate of drug-likeness (QED) is 0.657. The van der Waals surface area contributed by atoms with Gasteiger partial charge in [-0.05, 0) is 24.1 Å². The summed E-state index contributed by atoms with van der Waals surface area (Å²) in [5, 5.41) is 20.4. The van der Waals surface area contributed by atoms with Gasteiger partial charge in [0, 0.05) is 27.7 Å². The van der Waals surface area contributed by atoms with E-state index in [1.165, 1.54) is 24.3 Å². The Bertz CT molecular complexity index is 984. The first kappa shape index (κ1) is 15.7. The van der Waals surface area contributed by atoms with E-state index in [0.29, 0.717) is 12.0 Å². The summed E-state index contributed by atoms with van der Waals surface area (Å²) in [6.45, 7) is 3.58. The molecule has 0 aromatic heterocycles. The van der Waals surface area contributed by atoms with E-state index < -0.39 is 28.9 Å². The molecular formula is C20H16O5. The minimum absolute atomic E-state index is 0.0379. The van der Waals surface area contributed by atoms with Gasteiger partial charge in [0.1, 0.15) is 11.9 Å². The number of benzene rings is 2. The lowest BCUT2D eigenvalue weighted by Crippen LogP contribution is -2.44. The largest absolute Gasteiger partial charge is 0.507 e. The third kappa shape index (κ3) is 1.96. The van der Waals surface area contributed by atoms with Crippen molar-refractivity contribution >= 4 is 17.3 Å². The Kier molecular flexibility index (Phi) is 3.06. The van der Waals surface area contributed by atoms with Gasteiger partial charge in [0.15, 0.2) is 17.3 Å². The molecule has 0 unspecified atom stereocenters. The van der Waals surface area contributed by atoms with Gasteiger partial charge in [0.2, 0.25) is 0 Å². The van der Waals surface area contributed by atoms with Crippen LogP contribution >= 0.6 is 0 Å².